The summed E-state index contributed by atoms with van der Waals surface area (Å²) in [7, 11) is -1.79. The molecule has 1 heterocycles. The van der Waals surface area contributed by atoms with Gasteiger partial charge in [-0.05, 0) is 49.4 Å². The summed E-state index contributed by atoms with van der Waals surface area (Å²) in [5.74, 6) is 1.25. The minimum atomic E-state index is -3.41. The first-order chi connectivity index (χ1) is 14.2. The van der Waals surface area contributed by atoms with Crippen LogP contribution in [0.4, 0.5) is 0 Å². The third kappa shape index (κ3) is 3.67. The Balaban J connectivity index is 1.98. The molecule has 0 aliphatic carbocycles. The number of aromatic nitrogens is 2. The van der Waals surface area contributed by atoms with E-state index in [0.29, 0.717) is 23.2 Å². The highest BCUT2D eigenvalue weighted by Crippen LogP contribution is 2.45. The molecule has 0 aliphatic heterocycles. The number of benzene rings is 3. The van der Waals surface area contributed by atoms with Crippen molar-refractivity contribution in [2.75, 3.05) is 13.7 Å². The Morgan fingerprint density at radius 1 is 0.862 bits per heavy atom. The Labute approximate surface area is 169 Å². The second-order valence-corrected chi connectivity index (χ2v) is 8.72. The summed E-state index contributed by atoms with van der Waals surface area (Å²) in [6.45, 7) is 2.14. The Hall–Kier alpha value is -3.01. The van der Waals surface area contributed by atoms with Gasteiger partial charge in [-0.2, -0.15) is 0 Å². The standard InChI is InChI=1S/C23H21N2O3P/c1-3-28-29(26,19-9-5-4-6-10-19)23-20-11-7-8-12-21(20)24-22(25-23)17-13-15-18(27-2)16-14-17/h4-16H,3H2,1-2H3. The molecule has 146 valence electrons. The van der Waals surface area contributed by atoms with Gasteiger partial charge in [0.05, 0.1) is 19.2 Å². The molecule has 3 aromatic carbocycles. The fourth-order valence-corrected chi connectivity index (χ4v) is 5.39. The van der Waals surface area contributed by atoms with Gasteiger partial charge in [-0.3, -0.25) is 4.57 Å². The van der Waals surface area contributed by atoms with Crippen LogP contribution in [0.25, 0.3) is 22.3 Å². The van der Waals surface area contributed by atoms with Crippen molar-refractivity contribution < 1.29 is 13.8 Å². The Morgan fingerprint density at radius 2 is 1.55 bits per heavy atom. The Kier molecular flexibility index (Phi) is 5.43. The zero-order valence-electron chi connectivity index (χ0n) is 16.3. The van der Waals surface area contributed by atoms with E-state index < -0.39 is 7.37 Å². The number of hydrogen-bond acceptors (Lipinski definition) is 5. The fourth-order valence-electron chi connectivity index (χ4n) is 3.22. The molecule has 0 saturated carbocycles. The maximum absolute atomic E-state index is 14.2. The average Bonchev–Trinajstić information content (AvgIpc) is 2.79. The summed E-state index contributed by atoms with van der Waals surface area (Å²) in [6.07, 6.45) is 0. The highest BCUT2D eigenvalue weighted by atomic mass is 31.2. The number of ether oxygens (including phenoxy) is 1. The Morgan fingerprint density at radius 3 is 2.24 bits per heavy atom. The van der Waals surface area contributed by atoms with E-state index >= 15 is 0 Å². The molecule has 0 spiro atoms. The van der Waals surface area contributed by atoms with E-state index in [0.717, 1.165) is 22.2 Å². The molecule has 5 nitrogen and oxygen atoms in total. The molecule has 1 atom stereocenters. The van der Waals surface area contributed by atoms with E-state index in [1.165, 1.54) is 0 Å². The summed E-state index contributed by atoms with van der Waals surface area (Å²) in [6, 6.07) is 24.3. The second kappa shape index (κ2) is 8.16. The van der Waals surface area contributed by atoms with Gasteiger partial charge in [-0.25, -0.2) is 9.97 Å². The average molecular weight is 404 g/mol. The zero-order chi connectivity index (χ0) is 20.3. The van der Waals surface area contributed by atoms with Gasteiger partial charge in [0, 0.05) is 16.3 Å². The summed E-state index contributed by atoms with van der Waals surface area (Å²) < 4.78 is 25.3. The number of methoxy groups -OCH3 is 1. The molecule has 29 heavy (non-hydrogen) atoms. The quantitative estimate of drug-likeness (QED) is 0.441. The highest BCUT2D eigenvalue weighted by molar-refractivity contribution is 7.74. The molecule has 6 heteroatoms. The van der Waals surface area contributed by atoms with Crippen LogP contribution in [0.5, 0.6) is 5.75 Å². The van der Waals surface area contributed by atoms with E-state index in [1.54, 1.807) is 7.11 Å². The van der Waals surface area contributed by atoms with E-state index in [1.807, 2.05) is 85.8 Å². The second-order valence-electron chi connectivity index (χ2n) is 6.42. The first kappa shape index (κ1) is 19.3. The normalized spacial score (nSPS) is 13.2. The number of para-hydroxylation sites is 1. The molecule has 0 amide bonds. The largest absolute Gasteiger partial charge is 0.497 e. The number of rotatable bonds is 6. The summed E-state index contributed by atoms with van der Waals surface area (Å²) >= 11 is 0. The van der Waals surface area contributed by atoms with Gasteiger partial charge in [0.15, 0.2) is 5.82 Å². The van der Waals surface area contributed by atoms with E-state index in [2.05, 4.69) is 0 Å². The van der Waals surface area contributed by atoms with Crippen LogP contribution in [-0.4, -0.2) is 23.7 Å². The molecular formula is C23H21N2O3P. The lowest BCUT2D eigenvalue weighted by molar-refractivity contribution is 0.347. The van der Waals surface area contributed by atoms with Crippen molar-refractivity contribution in [3.63, 3.8) is 0 Å². The third-order valence-electron chi connectivity index (χ3n) is 4.62. The Bertz CT molecular complexity index is 1180. The van der Waals surface area contributed by atoms with Crippen molar-refractivity contribution in [3.8, 4) is 17.1 Å². The van der Waals surface area contributed by atoms with Crippen LogP contribution in [0.15, 0.2) is 78.9 Å². The molecule has 0 aliphatic rings. The topological polar surface area (TPSA) is 61.3 Å². The SMILES string of the molecule is CCOP(=O)(c1ccccc1)c1nc(-c2ccc(OC)cc2)nc2ccccc12. The van der Waals surface area contributed by atoms with Crippen LogP contribution < -0.4 is 15.5 Å². The number of fused-ring (bicyclic) bond motifs is 1. The van der Waals surface area contributed by atoms with Gasteiger partial charge >= 0.3 is 0 Å². The predicted octanol–water partition coefficient (Wildman–Crippen LogP) is 4.57. The van der Waals surface area contributed by atoms with Crippen LogP contribution in [0.3, 0.4) is 0 Å². The lowest BCUT2D eigenvalue weighted by Gasteiger charge is -2.20. The van der Waals surface area contributed by atoms with Gasteiger partial charge in [-0.1, -0.05) is 36.4 Å². The maximum Gasteiger partial charge on any atom is 0.279 e. The van der Waals surface area contributed by atoms with Crippen molar-refractivity contribution in [2.24, 2.45) is 0 Å². The smallest absolute Gasteiger partial charge is 0.279 e. The van der Waals surface area contributed by atoms with Gasteiger partial charge < -0.3 is 9.26 Å². The van der Waals surface area contributed by atoms with E-state index in [9.17, 15) is 4.57 Å². The van der Waals surface area contributed by atoms with Crippen molar-refractivity contribution in [1.82, 2.24) is 9.97 Å². The molecule has 0 fully saturated rings. The monoisotopic (exact) mass is 404 g/mol. The summed E-state index contributed by atoms with van der Waals surface area (Å²) in [4.78, 5) is 9.45. The van der Waals surface area contributed by atoms with Crippen molar-refractivity contribution >= 4 is 29.0 Å². The van der Waals surface area contributed by atoms with Gasteiger partial charge in [-0.15, -0.1) is 0 Å². The molecule has 1 aromatic heterocycles. The lowest BCUT2D eigenvalue weighted by Crippen LogP contribution is -2.23. The predicted molar refractivity (Wildman–Crippen MR) is 116 cm³/mol. The molecule has 0 saturated heterocycles. The summed E-state index contributed by atoms with van der Waals surface area (Å²) in [5.41, 5.74) is 1.95. The molecule has 0 radical (unpaired) electrons. The van der Waals surface area contributed by atoms with E-state index in [-0.39, 0.29) is 0 Å². The fraction of sp³-hybridized carbons (Fsp3) is 0.130. The first-order valence-electron chi connectivity index (χ1n) is 9.37. The third-order valence-corrected chi connectivity index (χ3v) is 7.12. The minimum Gasteiger partial charge on any atom is -0.497 e. The molecule has 0 bridgehead atoms. The maximum atomic E-state index is 14.2. The lowest BCUT2D eigenvalue weighted by atomic mass is 10.2. The van der Waals surface area contributed by atoms with Crippen LogP contribution >= 0.6 is 7.37 Å². The molecule has 0 N–H and O–H groups in total. The zero-order valence-corrected chi connectivity index (χ0v) is 17.2. The van der Waals surface area contributed by atoms with Crippen LogP contribution in [0.2, 0.25) is 0 Å². The summed E-state index contributed by atoms with van der Waals surface area (Å²) in [5, 5.41) is 1.34. The molecule has 1 unspecified atom stereocenters. The van der Waals surface area contributed by atoms with Crippen molar-refractivity contribution in [3.05, 3.63) is 78.9 Å². The minimum absolute atomic E-state index is 0.308. The molecule has 4 rings (SSSR count). The van der Waals surface area contributed by atoms with E-state index in [4.69, 9.17) is 19.2 Å². The van der Waals surface area contributed by atoms with Crippen LogP contribution in [-0.2, 0) is 9.09 Å². The first-order valence-corrected chi connectivity index (χ1v) is 11.0. The molecule has 4 aromatic rings. The van der Waals surface area contributed by atoms with Crippen molar-refractivity contribution in [2.45, 2.75) is 6.92 Å². The van der Waals surface area contributed by atoms with Crippen LogP contribution in [0, 0.1) is 0 Å². The van der Waals surface area contributed by atoms with Gasteiger partial charge in [0.25, 0.3) is 7.37 Å². The van der Waals surface area contributed by atoms with Gasteiger partial charge in [0.1, 0.15) is 11.2 Å². The van der Waals surface area contributed by atoms with Gasteiger partial charge in [0.2, 0.25) is 0 Å². The number of nitrogens with zero attached hydrogens (tertiary/aromatic N) is 2. The van der Waals surface area contributed by atoms with Crippen molar-refractivity contribution in [1.29, 1.82) is 0 Å². The molecular weight excluding hydrogens is 383 g/mol. The highest BCUT2D eigenvalue weighted by Gasteiger charge is 2.32. The number of hydrogen-bond donors (Lipinski definition) is 0. The van der Waals surface area contributed by atoms with Crippen LogP contribution in [0.1, 0.15) is 6.92 Å².